The molecule has 1 N–H and O–H groups in total. The predicted octanol–water partition coefficient (Wildman–Crippen LogP) is 0.601. The van der Waals surface area contributed by atoms with Gasteiger partial charge < -0.3 is 9.84 Å². The molecule has 0 bridgehead atoms. The number of aldehydes is 1. The van der Waals surface area contributed by atoms with Crippen LogP contribution >= 0.6 is 0 Å². The molecular weight excluding hydrogens is 174 g/mol. The highest BCUT2D eigenvalue weighted by molar-refractivity contribution is 5.89. The molecule has 0 saturated heterocycles. The van der Waals surface area contributed by atoms with Gasteiger partial charge in [0.05, 0.1) is 12.7 Å². The van der Waals surface area contributed by atoms with Crippen LogP contribution in [0.3, 0.4) is 0 Å². The van der Waals surface area contributed by atoms with Crippen molar-refractivity contribution in [3.63, 3.8) is 0 Å². The quantitative estimate of drug-likeness (QED) is 0.691. The standard InChI is InChI=1S/C8H7NO4/c1-13-7-3-5(8(11)12)2-6(4-10)9-7/h2-4H,1H3,(H,11,12). The average Bonchev–Trinajstić information content (AvgIpc) is 2.16. The summed E-state index contributed by atoms with van der Waals surface area (Å²) in [7, 11) is 1.35. The Hall–Kier alpha value is -1.91. The van der Waals surface area contributed by atoms with Crippen LogP contribution < -0.4 is 4.74 Å². The molecule has 13 heavy (non-hydrogen) atoms. The molecule has 0 aromatic carbocycles. The van der Waals surface area contributed by atoms with Crippen molar-refractivity contribution in [1.29, 1.82) is 0 Å². The largest absolute Gasteiger partial charge is 0.481 e. The number of hydrogen-bond donors (Lipinski definition) is 1. The van der Waals surface area contributed by atoms with Gasteiger partial charge in [0.15, 0.2) is 6.29 Å². The second kappa shape index (κ2) is 3.66. The molecule has 0 atom stereocenters. The Morgan fingerprint density at radius 2 is 2.31 bits per heavy atom. The van der Waals surface area contributed by atoms with E-state index in [-0.39, 0.29) is 17.1 Å². The third kappa shape index (κ3) is 2.02. The van der Waals surface area contributed by atoms with Gasteiger partial charge in [-0.2, -0.15) is 0 Å². The van der Waals surface area contributed by atoms with Gasteiger partial charge in [-0.1, -0.05) is 0 Å². The number of carbonyl (C=O) groups is 2. The number of methoxy groups -OCH3 is 1. The predicted molar refractivity (Wildman–Crippen MR) is 43.1 cm³/mol. The molecule has 0 saturated carbocycles. The highest BCUT2D eigenvalue weighted by Gasteiger charge is 2.07. The summed E-state index contributed by atoms with van der Waals surface area (Å²) in [5.41, 5.74) is 0.0192. The summed E-state index contributed by atoms with van der Waals surface area (Å²) < 4.78 is 4.71. The molecular formula is C8H7NO4. The van der Waals surface area contributed by atoms with Crippen molar-refractivity contribution < 1.29 is 19.4 Å². The Balaban J connectivity index is 3.22. The highest BCUT2D eigenvalue weighted by Crippen LogP contribution is 2.11. The van der Waals surface area contributed by atoms with Crippen molar-refractivity contribution in [2.45, 2.75) is 0 Å². The molecule has 5 heteroatoms. The maximum absolute atomic E-state index is 10.5. The van der Waals surface area contributed by atoms with Crippen molar-refractivity contribution >= 4 is 12.3 Å². The Bertz CT molecular complexity index is 348. The minimum absolute atomic E-state index is 0.0195. The van der Waals surface area contributed by atoms with Gasteiger partial charge in [0, 0.05) is 6.07 Å². The minimum atomic E-state index is -1.12. The summed E-state index contributed by atoms with van der Waals surface area (Å²) >= 11 is 0. The van der Waals surface area contributed by atoms with Crippen molar-refractivity contribution in [2.24, 2.45) is 0 Å². The monoisotopic (exact) mass is 181 g/mol. The zero-order valence-corrected chi connectivity index (χ0v) is 6.85. The molecule has 0 radical (unpaired) electrons. The number of nitrogens with zero attached hydrogens (tertiary/aromatic N) is 1. The summed E-state index contributed by atoms with van der Waals surface area (Å²) in [5.74, 6) is -1.01. The van der Waals surface area contributed by atoms with E-state index in [1.54, 1.807) is 0 Å². The number of carbonyl (C=O) groups excluding carboxylic acids is 1. The zero-order valence-electron chi connectivity index (χ0n) is 6.85. The lowest BCUT2D eigenvalue weighted by Gasteiger charge is -2.00. The third-order valence-corrected chi connectivity index (χ3v) is 1.40. The van der Waals surface area contributed by atoms with E-state index in [0.717, 1.165) is 0 Å². The summed E-state index contributed by atoms with van der Waals surface area (Å²) in [6.07, 6.45) is 0.467. The number of carboxylic acid groups (broad SMARTS) is 1. The topological polar surface area (TPSA) is 76.5 Å². The van der Waals surface area contributed by atoms with Gasteiger partial charge >= 0.3 is 5.97 Å². The van der Waals surface area contributed by atoms with Crippen LogP contribution in [-0.4, -0.2) is 29.5 Å². The van der Waals surface area contributed by atoms with Crippen LogP contribution in [0.25, 0.3) is 0 Å². The van der Waals surface area contributed by atoms with Gasteiger partial charge in [0.25, 0.3) is 0 Å². The summed E-state index contributed by atoms with van der Waals surface area (Å²) in [4.78, 5) is 24.6. The van der Waals surface area contributed by atoms with E-state index in [1.807, 2.05) is 0 Å². The van der Waals surface area contributed by atoms with E-state index < -0.39 is 5.97 Å². The maximum Gasteiger partial charge on any atom is 0.335 e. The molecule has 0 unspecified atom stereocenters. The average molecular weight is 181 g/mol. The Morgan fingerprint density at radius 1 is 1.62 bits per heavy atom. The molecule has 1 aromatic heterocycles. The molecule has 5 nitrogen and oxygen atoms in total. The molecule has 1 rings (SSSR count). The van der Waals surface area contributed by atoms with Gasteiger partial charge in [-0.3, -0.25) is 4.79 Å². The Kier molecular flexibility index (Phi) is 2.59. The second-order valence-electron chi connectivity index (χ2n) is 2.25. The van der Waals surface area contributed by atoms with Crippen molar-refractivity contribution in [1.82, 2.24) is 4.98 Å². The highest BCUT2D eigenvalue weighted by atomic mass is 16.5. The zero-order chi connectivity index (χ0) is 9.84. The fourth-order valence-electron chi connectivity index (χ4n) is 0.814. The first-order chi connectivity index (χ1) is 6.17. The number of aromatic carboxylic acids is 1. The number of rotatable bonds is 3. The van der Waals surface area contributed by atoms with Gasteiger partial charge in [0.2, 0.25) is 5.88 Å². The molecule has 68 valence electrons. The lowest BCUT2D eigenvalue weighted by Crippen LogP contribution is -2.01. The fraction of sp³-hybridized carbons (Fsp3) is 0.125. The van der Waals surface area contributed by atoms with E-state index >= 15 is 0 Å². The lowest BCUT2D eigenvalue weighted by molar-refractivity contribution is 0.0696. The van der Waals surface area contributed by atoms with Crippen LogP contribution in [-0.2, 0) is 0 Å². The molecule has 0 amide bonds. The van der Waals surface area contributed by atoms with Crippen molar-refractivity contribution in [2.75, 3.05) is 7.11 Å². The van der Waals surface area contributed by atoms with E-state index in [1.165, 1.54) is 19.2 Å². The maximum atomic E-state index is 10.5. The van der Waals surface area contributed by atoms with Gasteiger partial charge in [-0.15, -0.1) is 0 Å². The van der Waals surface area contributed by atoms with Crippen LogP contribution in [0, 0.1) is 0 Å². The van der Waals surface area contributed by atoms with Crippen LogP contribution in [0.2, 0.25) is 0 Å². The number of pyridine rings is 1. The minimum Gasteiger partial charge on any atom is -0.481 e. The first-order valence-electron chi connectivity index (χ1n) is 3.42. The Labute approximate surface area is 74.0 Å². The van der Waals surface area contributed by atoms with E-state index in [2.05, 4.69) is 4.98 Å². The van der Waals surface area contributed by atoms with Crippen LogP contribution in [0.4, 0.5) is 0 Å². The third-order valence-electron chi connectivity index (χ3n) is 1.40. The molecule has 0 aliphatic rings. The van der Waals surface area contributed by atoms with E-state index in [4.69, 9.17) is 9.84 Å². The summed E-state index contributed by atoms with van der Waals surface area (Å²) in [5, 5.41) is 8.63. The van der Waals surface area contributed by atoms with E-state index in [0.29, 0.717) is 6.29 Å². The second-order valence-corrected chi connectivity index (χ2v) is 2.25. The Morgan fingerprint density at radius 3 is 2.77 bits per heavy atom. The first-order valence-corrected chi connectivity index (χ1v) is 3.42. The molecule has 1 aromatic rings. The van der Waals surface area contributed by atoms with Crippen LogP contribution in [0.1, 0.15) is 20.8 Å². The number of aromatic nitrogens is 1. The van der Waals surface area contributed by atoms with Gasteiger partial charge in [-0.25, -0.2) is 9.78 Å². The normalized spacial score (nSPS) is 9.31. The van der Waals surface area contributed by atoms with Gasteiger partial charge in [0.1, 0.15) is 5.69 Å². The molecule has 0 fully saturated rings. The molecule has 0 aliphatic carbocycles. The SMILES string of the molecule is COc1cc(C(=O)O)cc(C=O)n1. The molecule has 0 spiro atoms. The van der Waals surface area contributed by atoms with Gasteiger partial charge in [-0.05, 0) is 6.07 Å². The van der Waals surface area contributed by atoms with Crippen LogP contribution in [0.15, 0.2) is 12.1 Å². The molecule has 0 aliphatic heterocycles. The number of ether oxygens (including phenoxy) is 1. The molecule has 1 heterocycles. The first kappa shape index (κ1) is 9.18. The summed E-state index contributed by atoms with van der Waals surface area (Å²) in [6.45, 7) is 0. The fourth-order valence-corrected chi connectivity index (χ4v) is 0.814. The van der Waals surface area contributed by atoms with Crippen molar-refractivity contribution in [3.05, 3.63) is 23.4 Å². The lowest BCUT2D eigenvalue weighted by atomic mass is 10.2. The smallest absolute Gasteiger partial charge is 0.335 e. The van der Waals surface area contributed by atoms with Crippen LogP contribution in [0.5, 0.6) is 5.88 Å². The number of carboxylic acids is 1. The summed E-state index contributed by atoms with van der Waals surface area (Å²) in [6, 6.07) is 2.42. The van der Waals surface area contributed by atoms with Crippen molar-refractivity contribution in [3.8, 4) is 5.88 Å². The number of hydrogen-bond acceptors (Lipinski definition) is 4. The van der Waals surface area contributed by atoms with E-state index in [9.17, 15) is 9.59 Å².